The quantitative estimate of drug-likeness (QED) is 0.773. The van der Waals surface area contributed by atoms with Crippen LogP contribution >= 0.6 is 0 Å². The first-order valence-corrected chi connectivity index (χ1v) is 9.47. The van der Waals surface area contributed by atoms with Gasteiger partial charge in [0.25, 0.3) is 0 Å². The van der Waals surface area contributed by atoms with Gasteiger partial charge in [-0.3, -0.25) is 14.5 Å². The third kappa shape index (κ3) is 4.64. The van der Waals surface area contributed by atoms with E-state index in [1.165, 1.54) is 0 Å². The van der Waals surface area contributed by atoms with Crippen LogP contribution in [0, 0.1) is 18.3 Å². The van der Waals surface area contributed by atoms with E-state index in [1.54, 1.807) is 0 Å². The number of nitrogens with one attached hydrogen (secondary N) is 2. The van der Waals surface area contributed by atoms with E-state index in [0.29, 0.717) is 6.54 Å². The van der Waals surface area contributed by atoms with E-state index in [1.807, 2.05) is 31.2 Å². The summed E-state index contributed by atoms with van der Waals surface area (Å²) in [6, 6.07) is 7.46. The summed E-state index contributed by atoms with van der Waals surface area (Å²) in [5, 5.41) is 6.04. The lowest BCUT2D eigenvalue weighted by Crippen LogP contribution is -2.49. The molecular formula is C21H27N3O2. The van der Waals surface area contributed by atoms with E-state index in [-0.39, 0.29) is 29.8 Å². The van der Waals surface area contributed by atoms with Crippen LogP contribution in [0.5, 0.6) is 0 Å². The first-order valence-electron chi connectivity index (χ1n) is 9.47. The number of hydrogen-bond donors (Lipinski definition) is 2. The number of carbonyl (C=O) groups excluding carboxylic acids is 2. The van der Waals surface area contributed by atoms with Gasteiger partial charge in [-0.2, -0.15) is 0 Å². The third-order valence-electron chi connectivity index (χ3n) is 5.20. The topological polar surface area (TPSA) is 61.4 Å². The molecule has 1 heterocycles. The second-order valence-electron chi connectivity index (χ2n) is 7.30. The Kier molecular flexibility index (Phi) is 5.95. The summed E-state index contributed by atoms with van der Waals surface area (Å²) in [7, 11) is 0. The van der Waals surface area contributed by atoms with Crippen LogP contribution in [-0.4, -0.2) is 35.8 Å². The summed E-state index contributed by atoms with van der Waals surface area (Å²) < 4.78 is 0. The van der Waals surface area contributed by atoms with Crippen LogP contribution in [0.3, 0.4) is 0 Å². The molecule has 3 rings (SSSR count). The molecule has 1 saturated heterocycles. The zero-order chi connectivity index (χ0) is 18.5. The van der Waals surface area contributed by atoms with Crippen molar-refractivity contribution >= 4 is 17.5 Å². The summed E-state index contributed by atoms with van der Waals surface area (Å²) in [6.07, 6.45) is 10.4. The highest BCUT2D eigenvalue weighted by Crippen LogP contribution is 2.30. The summed E-state index contributed by atoms with van der Waals surface area (Å²) in [5.74, 6) is 2.98. The molecule has 138 valence electrons. The fraction of sp³-hybridized carbons (Fsp3) is 0.524. The first kappa shape index (κ1) is 18.5. The van der Waals surface area contributed by atoms with Gasteiger partial charge < -0.3 is 10.6 Å². The number of rotatable bonds is 6. The van der Waals surface area contributed by atoms with Gasteiger partial charge in [0.2, 0.25) is 11.8 Å². The molecule has 2 aliphatic rings. The number of amides is 2. The molecule has 1 aliphatic heterocycles. The van der Waals surface area contributed by atoms with Crippen LogP contribution in [0.4, 0.5) is 5.69 Å². The SMILES string of the molecule is C#CCN1CCCC[C@H]1C(=O)N[C@H](C)c1ccc(NC(=O)C2CC2)cc1. The first-order chi connectivity index (χ1) is 12.6. The summed E-state index contributed by atoms with van der Waals surface area (Å²) in [4.78, 5) is 26.6. The van der Waals surface area contributed by atoms with Gasteiger partial charge in [-0.25, -0.2) is 0 Å². The molecule has 5 nitrogen and oxygen atoms in total. The van der Waals surface area contributed by atoms with E-state index in [4.69, 9.17) is 6.42 Å². The average Bonchev–Trinajstić information content (AvgIpc) is 3.48. The minimum atomic E-state index is -0.139. The Morgan fingerprint density at radius 3 is 2.58 bits per heavy atom. The molecule has 2 N–H and O–H groups in total. The van der Waals surface area contributed by atoms with Crippen molar-refractivity contribution in [2.24, 2.45) is 5.92 Å². The molecule has 1 aromatic carbocycles. The highest BCUT2D eigenvalue weighted by molar-refractivity contribution is 5.94. The van der Waals surface area contributed by atoms with Crippen LogP contribution in [0.1, 0.15) is 50.6 Å². The van der Waals surface area contributed by atoms with Crippen LogP contribution in [0.25, 0.3) is 0 Å². The monoisotopic (exact) mass is 353 g/mol. The molecule has 2 atom stereocenters. The molecule has 2 fully saturated rings. The number of anilines is 1. The summed E-state index contributed by atoms with van der Waals surface area (Å²) in [6.45, 7) is 3.37. The van der Waals surface area contributed by atoms with E-state index < -0.39 is 0 Å². The lowest BCUT2D eigenvalue weighted by atomic mass is 10.0. The van der Waals surface area contributed by atoms with Crippen molar-refractivity contribution in [3.05, 3.63) is 29.8 Å². The van der Waals surface area contributed by atoms with Gasteiger partial charge in [0.1, 0.15) is 0 Å². The molecule has 1 aromatic rings. The van der Waals surface area contributed by atoms with Crippen molar-refractivity contribution in [3.63, 3.8) is 0 Å². The molecule has 5 heteroatoms. The number of piperidine rings is 1. The summed E-state index contributed by atoms with van der Waals surface area (Å²) >= 11 is 0. The molecule has 0 spiro atoms. The number of benzene rings is 1. The molecule has 1 aliphatic carbocycles. The van der Waals surface area contributed by atoms with E-state index in [0.717, 1.165) is 49.9 Å². The number of likely N-dealkylation sites (tertiary alicyclic amines) is 1. The van der Waals surface area contributed by atoms with E-state index in [9.17, 15) is 9.59 Å². The molecule has 26 heavy (non-hydrogen) atoms. The zero-order valence-electron chi connectivity index (χ0n) is 15.3. The molecular weight excluding hydrogens is 326 g/mol. The minimum absolute atomic E-state index is 0.0403. The van der Waals surface area contributed by atoms with Crippen molar-refractivity contribution in [2.75, 3.05) is 18.4 Å². The van der Waals surface area contributed by atoms with Crippen molar-refractivity contribution < 1.29 is 9.59 Å². The Hall–Kier alpha value is -2.32. The van der Waals surface area contributed by atoms with Gasteiger partial charge >= 0.3 is 0 Å². The number of nitrogens with zero attached hydrogens (tertiary/aromatic N) is 1. The van der Waals surface area contributed by atoms with Crippen molar-refractivity contribution in [1.82, 2.24) is 10.2 Å². The predicted molar refractivity (Wildman–Crippen MR) is 102 cm³/mol. The highest BCUT2D eigenvalue weighted by atomic mass is 16.2. The number of hydrogen-bond acceptors (Lipinski definition) is 3. The minimum Gasteiger partial charge on any atom is -0.348 e. The Morgan fingerprint density at radius 2 is 1.92 bits per heavy atom. The fourth-order valence-electron chi connectivity index (χ4n) is 3.43. The van der Waals surface area contributed by atoms with Crippen LogP contribution < -0.4 is 10.6 Å². The fourth-order valence-corrected chi connectivity index (χ4v) is 3.43. The molecule has 2 amide bonds. The molecule has 0 radical (unpaired) electrons. The lowest BCUT2D eigenvalue weighted by molar-refractivity contribution is -0.128. The van der Waals surface area contributed by atoms with Gasteiger partial charge in [-0.15, -0.1) is 6.42 Å². The third-order valence-corrected chi connectivity index (χ3v) is 5.20. The highest BCUT2D eigenvalue weighted by Gasteiger charge is 2.30. The van der Waals surface area contributed by atoms with Gasteiger partial charge in [0, 0.05) is 11.6 Å². The van der Waals surface area contributed by atoms with Gasteiger partial charge in [-0.05, 0) is 56.8 Å². The largest absolute Gasteiger partial charge is 0.348 e. The molecule has 0 aromatic heterocycles. The van der Waals surface area contributed by atoms with Crippen LogP contribution in [-0.2, 0) is 9.59 Å². The van der Waals surface area contributed by atoms with Crippen molar-refractivity contribution in [3.8, 4) is 12.3 Å². The Balaban J connectivity index is 1.56. The van der Waals surface area contributed by atoms with E-state index in [2.05, 4.69) is 21.5 Å². The van der Waals surface area contributed by atoms with Crippen molar-refractivity contribution in [1.29, 1.82) is 0 Å². The second-order valence-corrected chi connectivity index (χ2v) is 7.30. The standard InChI is InChI=1S/C21H27N3O2/c1-3-13-24-14-5-4-6-19(24)21(26)22-15(2)16-9-11-18(12-10-16)23-20(25)17-7-8-17/h1,9-12,15,17,19H,4-8,13-14H2,2H3,(H,22,26)(H,23,25)/t15-,19+/m1/s1. The number of carbonyl (C=O) groups is 2. The Bertz CT molecular complexity index is 688. The summed E-state index contributed by atoms with van der Waals surface area (Å²) in [5.41, 5.74) is 1.82. The maximum Gasteiger partial charge on any atom is 0.237 e. The normalized spacial score (nSPS) is 21.5. The predicted octanol–water partition coefficient (Wildman–Crippen LogP) is 2.70. The van der Waals surface area contributed by atoms with Crippen LogP contribution in [0.2, 0.25) is 0 Å². The van der Waals surface area contributed by atoms with Gasteiger partial charge in [0.15, 0.2) is 0 Å². The number of terminal acetylenes is 1. The van der Waals surface area contributed by atoms with Crippen LogP contribution in [0.15, 0.2) is 24.3 Å². The molecule has 1 saturated carbocycles. The maximum absolute atomic E-state index is 12.7. The average molecular weight is 353 g/mol. The molecule has 0 bridgehead atoms. The smallest absolute Gasteiger partial charge is 0.237 e. The Morgan fingerprint density at radius 1 is 1.19 bits per heavy atom. The second kappa shape index (κ2) is 8.37. The zero-order valence-corrected chi connectivity index (χ0v) is 15.3. The van der Waals surface area contributed by atoms with Gasteiger partial charge in [0.05, 0.1) is 18.6 Å². The van der Waals surface area contributed by atoms with E-state index >= 15 is 0 Å². The maximum atomic E-state index is 12.7. The molecule has 0 unspecified atom stereocenters. The van der Waals surface area contributed by atoms with Gasteiger partial charge in [-0.1, -0.05) is 24.5 Å². The van der Waals surface area contributed by atoms with Crippen molar-refractivity contribution in [2.45, 2.75) is 51.1 Å². The lowest BCUT2D eigenvalue weighted by Gasteiger charge is -2.34. The Labute approximate surface area is 155 Å².